The first kappa shape index (κ1) is 18.0. The third-order valence-corrected chi connectivity index (χ3v) is 5.40. The highest BCUT2D eigenvalue weighted by atomic mass is 35.5. The van der Waals surface area contributed by atoms with Gasteiger partial charge in [-0.25, -0.2) is 0 Å². The second-order valence-electron chi connectivity index (χ2n) is 6.87. The lowest BCUT2D eigenvalue weighted by atomic mass is 9.85. The quantitative estimate of drug-likeness (QED) is 0.763. The zero-order valence-corrected chi connectivity index (χ0v) is 15.2. The van der Waals surface area contributed by atoms with Crippen LogP contribution in [-0.4, -0.2) is 17.1 Å². The zero-order chi connectivity index (χ0) is 17.8. The molecule has 2 N–H and O–H groups in total. The Labute approximate surface area is 154 Å². The normalized spacial score (nSPS) is 21.7. The number of aliphatic carboxylic acids is 1. The highest BCUT2D eigenvalue weighted by molar-refractivity contribution is 6.30. The van der Waals surface area contributed by atoms with E-state index < -0.39 is 5.97 Å². The van der Waals surface area contributed by atoms with E-state index in [1.807, 2.05) is 24.3 Å². The average molecular weight is 358 g/mol. The van der Waals surface area contributed by atoms with Crippen molar-refractivity contribution in [3.8, 4) is 11.1 Å². The smallest absolute Gasteiger partial charge is 0.306 e. The predicted octanol–water partition coefficient (Wildman–Crippen LogP) is 5.30. The Balaban J connectivity index is 1.72. The van der Waals surface area contributed by atoms with E-state index in [1.54, 1.807) is 0 Å². The number of hydrogen-bond donors (Lipinski definition) is 2. The standard InChI is InChI=1S/C21H24ClNO2/c1-14(23-18-12-8-16(9-13-18)21(24)25)19-4-2-3-5-20(19)15-6-10-17(22)11-7-15/h2-7,10-11,14,16,18,23H,8-9,12-13H2,1H3,(H,24,25). The number of carboxylic acids is 1. The molecular formula is C21H24ClNO2. The maximum Gasteiger partial charge on any atom is 0.306 e. The van der Waals surface area contributed by atoms with E-state index in [0.717, 1.165) is 36.3 Å². The molecule has 0 aromatic heterocycles. The minimum absolute atomic E-state index is 0.172. The molecule has 0 aliphatic heterocycles. The fraction of sp³-hybridized carbons (Fsp3) is 0.381. The Hall–Kier alpha value is -1.84. The van der Waals surface area contributed by atoms with Gasteiger partial charge < -0.3 is 10.4 Å². The summed E-state index contributed by atoms with van der Waals surface area (Å²) in [5, 5.41) is 13.6. The monoisotopic (exact) mass is 357 g/mol. The van der Waals surface area contributed by atoms with E-state index in [4.69, 9.17) is 16.7 Å². The summed E-state index contributed by atoms with van der Waals surface area (Å²) in [5.74, 6) is -0.825. The first-order valence-corrected chi connectivity index (χ1v) is 9.26. The molecule has 25 heavy (non-hydrogen) atoms. The van der Waals surface area contributed by atoms with Gasteiger partial charge in [-0.05, 0) is 61.4 Å². The molecule has 0 spiro atoms. The van der Waals surface area contributed by atoms with Crippen LogP contribution in [0.2, 0.25) is 5.02 Å². The SMILES string of the molecule is CC(NC1CCC(C(=O)O)CC1)c1ccccc1-c1ccc(Cl)cc1. The molecule has 0 radical (unpaired) electrons. The van der Waals surface area contributed by atoms with Gasteiger partial charge in [0.05, 0.1) is 5.92 Å². The largest absolute Gasteiger partial charge is 0.481 e. The molecule has 1 atom stereocenters. The van der Waals surface area contributed by atoms with Gasteiger partial charge in [-0.3, -0.25) is 4.79 Å². The van der Waals surface area contributed by atoms with E-state index in [9.17, 15) is 4.79 Å². The van der Waals surface area contributed by atoms with Crippen LogP contribution in [0.15, 0.2) is 48.5 Å². The molecular weight excluding hydrogens is 334 g/mol. The summed E-state index contributed by atoms with van der Waals surface area (Å²) in [5.41, 5.74) is 3.62. The topological polar surface area (TPSA) is 49.3 Å². The lowest BCUT2D eigenvalue weighted by Gasteiger charge is -2.30. The van der Waals surface area contributed by atoms with Crippen LogP contribution in [0.25, 0.3) is 11.1 Å². The van der Waals surface area contributed by atoms with Gasteiger partial charge >= 0.3 is 5.97 Å². The molecule has 4 heteroatoms. The molecule has 3 rings (SSSR count). The van der Waals surface area contributed by atoms with Crippen molar-refractivity contribution in [2.45, 2.75) is 44.7 Å². The molecule has 132 valence electrons. The number of benzene rings is 2. The Morgan fingerprint density at radius 1 is 1.08 bits per heavy atom. The van der Waals surface area contributed by atoms with Gasteiger partial charge in [-0.1, -0.05) is 48.0 Å². The molecule has 1 aliphatic carbocycles. The highest BCUT2D eigenvalue weighted by Gasteiger charge is 2.27. The number of carboxylic acid groups (broad SMARTS) is 1. The average Bonchev–Trinajstić information content (AvgIpc) is 2.63. The summed E-state index contributed by atoms with van der Waals surface area (Å²) in [7, 11) is 0. The van der Waals surface area contributed by atoms with Crippen molar-refractivity contribution in [2.24, 2.45) is 5.92 Å². The number of hydrogen-bond acceptors (Lipinski definition) is 2. The number of halogens is 1. The van der Waals surface area contributed by atoms with Crippen LogP contribution in [0.3, 0.4) is 0 Å². The Bertz CT molecular complexity index is 721. The summed E-state index contributed by atoms with van der Waals surface area (Å²) in [4.78, 5) is 11.1. The minimum Gasteiger partial charge on any atom is -0.481 e. The molecule has 1 unspecified atom stereocenters. The van der Waals surface area contributed by atoms with E-state index in [1.165, 1.54) is 11.1 Å². The predicted molar refractivity (Wildman–Crippen MR) is 102 cm³/mol. The van der Waals surface area contributed by atoms with Crippen LogP contribution in [0.4, 0.5) is 0 Å². The van der Waals surface area contributed by atoms with E-state index in [0.29, 0.717) is 6.04 Å². The van der Waals surface area contributed by atoms with Gasteiger partial charge in [0, 0.05) is 17.1 Å². The Kier molecular flexibility index (Phi) is 5.77. The van der Waals surface area contributed by atoms with Crippen molar-refractivity contribution in [2.75, 3.05) is 0 Å². The second-order valence-corrected chi connectivity index (χ2v) is 7.31. The van der Waals surface area contributed by atoms with Crippen molar-refractivity contribution < 1.29 is 9.90 Å². The van der Waals surface area contributed by atoms with Crippen molar-refractivity contribution in [1.82, 2.24) is 5.32 Å². The molecule has 1 aliphatic rings. The molecule has 2 aromatic rings. The molecule has 0 heterocycles. The van der Waals surface area contributed by atoms with Crippen molar-refractivity contribution in [1.29, 1.82) is 0 Å². The Morgan fingerprint density at radius 3 is 2.36 bits per heavy atom. The summed E-state index contributed by atoms with van der Waals surface area (Å²) in [6, 6.07) is 16.9. The first-order chi connectivity index (χ1) is 12.0. The van der Waals surface area contributed by atoms with Gasteiger partial charge in [0.1, 0.15) is 0 Å². The van der Waals surface area contributed by atoms with Gasteiger partial charge in [-0.15, -0.1) is 0 Å². The third-order valence-electron chi connectivity index (χ3n) is 5.14. The molecule has 1 saturated carbocycles. The summed E-state index contributed by atoms with van der Waals surface area (Å²) >= 11 is 6.01. The molecule has 1 fully saturated rings. The zero-order valence-electron chi connectivity index (χ0n) is 14.4. The van der Waals surface area contributed by atoms with Crippen molar-refractivity contribution in [3.63, 3.8) is 0 Å². The van der Waals surface area contributed by atoms with Gasteiger partial charge in [0.2, 0.25) is 0 Å². The van der Waals surface area contributed by atoms with Crippen LogP contribution in [0.1, 0.15) is 44.2 Å². The maximum absolute atomic E-state index is 11.1. The summed E-state index contributed by atoms with van der Waals surface area (Å²) in [6.45, 7) is 2.18. The molecule has 0 amide bonds. The lowest BCUT2D eigenvalue weighted by molar-refractivity contribution is -0.142. The van der Waals surface area contributed by atoms with Gasteiger partial charge in [-0.2, -0.15) is 0 Å². The van der Waals surface area contributed by atoms with Gasteiger partial charge in [0.25, 0.3) is 0 Å². The maximum atomic E-state index is 11.1. The van der Waals surface area contributed by atoms with Crippen LogP contribution >= 0.6 is 11.6 Å². The lowest BCUT2D eigenvalue weighted by Crippen LogP contribution is -2.36. The van der Waals surface area contributed by atoms with Crippen LogP contribution in [-0.2, 0) is 4.79 Å². The third kappa shape index (κ3) is 4.42. The minimum atomic E-state index is -0.653. The number of rotatable bonds is 5. The van der Waals surface area contributed by atoms with Gasteiger partial charge in [0.15, 0.2) is 0 Å². The molecule has 0 bridgehead atoms. The highest BCUT2D eigenvalue weighted by Crippen LogP contribution is 2.31. The summed E-state index contributed by atoms with van der Waals surface area (Å²) < 4.78 is 0. The van der Waals surface area contributed by atoms with Crippen molar-refractivity contribution >= 4 is 17.6 Å². The van der Waals surface area contributed by atoms with Crippen LogP contribution in [0.5, 0.6) is 0 Å². The molecule has 0 saturated heterocycles. The number of nitrogens with one attached hydrogen (secondary N) is 1. The fourth-order valence-corrected chi connectivity index (χ4v) is 3.84. The van der Waals surface area contributed by atoms with E-state index in [2.05, 4.69) is 36.5 Å². The summed E-state index contributed by atoms with van der Waals surface area (Å²) in [6.07, 6.45) is 3.37. The first-order valence-electron chi connectivity index (χ1n) is 8.88. The van der Waals surface area contributed by atoms with Crippen molar-refractivity contribution in [3.05, 3.63) is 59.1 Å². The fourth-order valence-electron chi connectivity index (χ4n) is 3.72. The second kappa shape index (κ2) is 8.03. The number of carbonyl (C=O) groups is 1. The van der Waals surface area contributed by atoms with Crippen LogP contribution in [0, 0.1) is 5.92 Å². The van der Waals surface area contributed by atoms with Crippen LogP contribution < -0.4 is 5.32 Å². The molecule has 3 nitrogen and oxygen atoms in total. The molecule has 2 aromatic carbocycles. The van der Waals surface area contributed by atoms with E-state index in [-0.39, 0.29) is 12.0 Å². The van der Waals surface area contributed by atoms with E-state index >= 15 is 0 Å². The Morgan fingerprint density at radius 2 is 1.72 bits per heavy atom.